The van der Waals surface area contributed by atoms with E-state index in [4.69, 9.17) is 9.47 Å². The Balaban J connectivity index is 2.67. The number of nitrogens with zero attached hydrogens (tertiary/aromatic N) is 2. The van der Waals surface area contributed by atoms with Crippen LogP contribution in [0.15, 0.2) is 17.1 Å². The van der Waals surface area contributed by atoms with E-state index in [1.54, 1.807) is 21.3 Å². The van der Waals surface area contributed by atoms with Gasteiger partial charge in [0.05, 0.1) is 14.2 Å². The number of rotatable bonds is 7. The zero-order valence-corrected chi connectivity index (χ0v) is 17.9. The predicted molar refractivity (Wildman–Crippen MR) is 110 cm³/mol. The van der Waals surface area contributed by atoms with Gasteiger partial charge in [-0.3, -0.25) is 9.79 Å². The van der Waals surface area contributed by atoms with Crippen molar-refractivity contribution in [1.82, 2.24) is 15.5 Å². The molecule has 0 heterocycles. The van der Waals surface area contributed by atoms with Crippen LogP contribution in [0.1, 0.15) is 31.9 Å². The quantitative estimate of drug-likeness (QED) is 0.432. The second kappa shape index (κ2) is 10.0. The molecule has 0 bridgehead atoms. The molecule has 0 aliphatic rings. The number of hydrogen-bond donors (Lipinski definition) is 2. The lowest BCUT2D eigenvalue weighted by Gasteiger charge is -2.24. The second-order valence-corrected chi connectivity index (χ2v) is 7.47. The standard InChI is InChI=1S/C20H34N4O3/c1-14-11-16(26-7)17(27-8)12-15(14)13-24(6)19(21-5)23-10-9-22-18(25)20(2,3)4/h11-12H,9-10,13H2,1-8H3,(H,21,23)(H,22,25). The first kappa shape index (κ1) is 22.6. The lowest BCUT2D eigenvalue weighted by atomic mass is 9.96. The van der Waals surface area contributed by atoms with E-state index in [0.717, 1.165) is 22.8 Å². The van der Waals surface area contributed by atoms with E-state index in [-0.39, 0.29) is 11.3 Å². The van der Waals surface area contributed by atoms with E-state index in [9.17, 15) is 4.79 Å². The average Bonchev–Trinajstić information content (AvgIpc) is 2.61. The number of aliphatic imine (C=N–C) groups is 1. The smallest absolute Gasteiger partial charge is 0.225 e. The lowest BCUT2D eigenvalue weighted by Crippen LogP contribution is -2.44. The molecule has 0 aliphatic carbocycles. The number of carbonyl (C=O) groups is 1. The highest BCUT2D eigenvalue weighted by Crippen LogP contribution is 2.30. The molecule has 7 nitrogen and oxygen atoms in total. The van der Waals surface area contributed by atoms with Gasteiger partial charge in [-0.1, -0.05) is 20.8 Å². The highest BCUT2D eigenvalue weighted by atomic mass is 16.5. The van der Waals surface area contributed by atoms with Crippen LogP contribution in [-0.4, -0.2) is 58.2 Å². The molecule has 0 unspecified atom stereocenters. The Morgan fingerprint density at radius 3 is 2.19 bits per heavy atom. The summed E-state index contributed by atoms with van der Waals surface area (Å²) in [6, 6.07) is 3.96. The number of amides is 1. The molecule has 7 heteroatoms. The zero-order chi connectivity index (χ0) is 20.6. The summed E-state index contributed by atoms with van der Waals surface area (Å²) in [5, 5.41) is 6.19. The van der Waals surface area contributed by atoms with Gasteiger partial charge in [0.15, 0.2) is 17.5 Å². The fraction of sp³-hybridized carbons (Fsp3) is 0.600. The minimum absolute atomic E-state index is 0.0357. The molecule has 0 spiro atoms. The lowest BCUT2D eigenvalue weighted by molar-refractivity contribution is -0.128. The number of hydrogen-bond acceptors (Lipinski definition) is 4. The second-order valence-electron chi connectivity index (χ2n) is 7.47. The van der Waals surface area contributed by atoms with Crippen molar-refractivity contribution in [3.05, 3.63) is 23.3 Å². The maximum Gasteiger partial charge on any atom is 0.225 e. The topological polar surface area (TPSA) is 75.2 Å². The maximum absolute atomic E-state index is 11.9. The molecule has 1 rings (SSSR count). The highest BCUT2D eigenvalue weighted by molar-refractivity contribution is 5.81. The van der Waals surface area contributed by atoms with Crippen LogP contribution < -0.4 is 20.1 Å². The van der Waals surface area contributed by atoms with Crippen molar-refractivity contribution in [2.75, 3.05) is 41.4 Å². The van der Waals surface area contributed by atoms with Gasteiger partial charge in [-0.15, -0.1) is 0 Å². The van der Waals surface area contributed by atoms with Crippen LogP contribution in [0.2, 0.25) is 0 Å². The summed E-state index contributed by atoms with van der Waals surface area (Å²) in [6.45, 7) is 9.54. The van der Waals surface area contributed by atoms with Gasteiger partial charge < -0.3 is 25.0 Å². The minimum Gasteiger partial charge on any atom is -0.493 e. The largest absolute Gasteiger partial charge is 0.493 e. The third-order valence-corrected chi connectivity index (χ3v) is 4.20. The first-order valence-corrected chi connectivity index (χ1v) is 9.05. The van der Waals surface area contributed by atoms with Crippen LogP contribution in [0.25, 0.3) is 0 Å². The van der Waals surface area contributed by atoms with Crippen LogP contribution in [0.5, 0.6) is 11.5 Å². The van der Waals surface area contributed by atoms with Gasteiger partial charge in [0.25, 0.3) is 0 Å². The van der Waals surface area contributed by atoms with Gasteiger partial charge >= 0.3 is 0 Å². The number of nitrogens with one attached hydrogen (secondary N) is 2. The fourth-order valence-electron chi connectivity index (χ4n) is 2.52. The number of aryl methyl sites for hydroxylation is 1. The Hall–Kier alpha value is -2.44. The molecule has 0 saturated heterocycles. The summed E-state index contributed by atoms with van der Waals surface area (Å²) >= 11 is 0. The van der Waals surface area contributed by atoms with Gasteiger partial charge in [-0.2, -0.15) is 0 Å². The Morgan fingerprint density at radius 1 is 1.11 bits per heavy atom. The monoisotopic (exact) mass is 378 g/mol. The van der Waals surface area contributed by atoms with E-state index in [1.807, 2.05) is 51.8 Å². The normalized spacial score (nSPS) is 11.8. The van der Waals surface area contributed by atoms with Gasteiger partial charge in [0.2, 0.25) is 5.91 Å². The highest BCUT2D eigenvalue weighted by Gasteiger charge is 2.20. The Bertz CT molecular complexity index is 666. The molecule has 0 atom stereocenters. The molecule has 2 N–H and O–H groups in total. The third kappa shape index (κ3) is 6.66. The summed E-state index contributed by atoms with van der Waals surface area (Å²) in [5.74, 6) is 2.22. The molecule has 27 heavy (non-hydrogen) atoms. The summed E-state index contributed by atoms with van der Waals surface area (Å²) in [5.41, 5.74) is 1.86. The maximum atomic E-state index is 11.9. The molecule has 0 aliphatic heterocycles. The molecule has 1 aromatic carbocycles. The SMILES string of the molecule is CN=C(NCCNC(=O)C(C)(C)C)N(C)Cc1cc(OC)c(OC)cc1C. The van der Waals surface area contributed by atoms with Crippen LogP contribution in [0.4, 0.5) is 0 Å². The van der Waals surface area contributed by atoms with E-state index in [0.29, 0.717) is 25.4 Å². The third-order valence-electron chi connectivity index (χ3n) is 4.20. The van der Waals surface area contributed by atoms with Crippen molar-refractivity contribution >= 4 is 11.9 Å². The molecule has 0 saturated carbocycles. The average molecular weight is 379 g/mol. The molecule has 0 aromatic heterocycles. The number of benzene rings is 1. The summed E-state index contributed by atoms with van der Waals surface area (Å²) in [4.78, 5) is 18.2. The van der Waals surface area contributed by atoms with Crippen LogP contribution in [0, 0.1) is 12.3 Å². The van der Waals surface area contributed by atoms with Gasteiger partial charge in [0, 0.05) is 39.1 Å². The number of methoxy groups -OCH3 is 2. The zero-order valence-electron chi connectivity index (χ0n) is 17.9. The predicted octanol–water partition coefficient (Wildman–Crippen LogP) is 2.18. The van der Waals surface area contributed by atoms with Gasteiger partial charge in [-0.25, -0.2) is 0 Å². The van der Waals surface area contributed by atoms with E-state index < -0.39 is 0 Å². The summed E-state index contributed by atoms with van der Waals surface area (Å²) in [7, 11) is 6.98. The fourth-order valence-corrected chi connectivity index (χ4v) is 2.52. The molecule has 0 fully saturated rings. The summed E-state index contributed by atoms with van der Waals surface area (Å²) in [6.07, 6.45) is 0. The van der Waals surface area contributed by atoms with Gasteiger partial charge in [0.1, 0.15) is 0 Å². The van der Waals surface area contributed by atoms with Crippen molar-refractivity contribution in [1.29, 1.82) is 0 Å². The first-order chi connectivity index (χ1) is 12.6. The minimum atomic E-state index is -0.385. The molecule has 0 radical (unpaired) electrons. The van der Waals surface area contributed by atoms with E-state index in [2.05, 4.69) is 15.6 Å². The van der Waals surface area contributed by atoms with Gasteiger partial charge in [-0.05, 0) is 30.2 Å². The van der Waals surface area contributed by atoms with Crippen molar-refractivity contribution < 1.29 is 14.3 Å². The van der Waals surface area contributed by atoms with E-state index >= 15 is 0 Å². The van der Waals surface area contributed by atoms with E-state index in [1.165, 1.54) is 0 Å². The van der Waals surface area contributed by atoms with Crippen molar-refractivity contribution in [3.8, 4) is 11.5 Å². The van der Waals surface area contributed by atoms with Crippen molar-refractivity contribution in [2.45, 2.75) is 34.2 Å². The Kier molecular flexibility index (Phi) is 8.40. The van der Waals surface area contributed by atoms with Crippen LogP contribution in [0.3, 0.4) is 0 Å². The molecular weight excluding hydrogens is 344 g/mol. The molecule has 1 amide bonds. The molecular formula is C20H34N4O3. The van der Waals surface area contributed by atoms with Crippen molar-refractivity contribution in [2.24, 2.45) is 10.4 Å². The summed E-state index contributed by atoms with van der Waals surface area (Å²) < 4.78 is 10.7. The molecule has 152 valence electrons. The number of guanidine groups is 1. The van der Waals surface area contributed by atoms with Crippen LogP contribution >= 0.6 is 0 Å². The van der Waals surface area contributed by atoms with Crippen molar-refractivity contribution in [3.63, 3.8) is 0 Å². The molecule has 1 aromatic rings. The number of carbonyl (C=O) groups excluding carboxylic acids is 1. The Labute approximate surface area is 163 Å². The number of ether oxygens (including phenoxy) is 2. The van der Waals surface area contributed by atoms with Crippen LogP contribution in [-0.2, 0) is 11.3 Å². The first-order valence-electron chi connectivity index (χ1n) is 9.05. The Morgan fingerprint density at radius 2 is 1.67 bits per heavy atom.